The standard InChI is InChI=1S/C17H25NO2/c1-17(2,3)20-15-10-8-13(9-11-15)12-18-16(19)14-6-4-5-7-14/h8-11,14H,4-7,12H2,1-3H3,(H,18,19). The molecule has 1 fully saturated rings. The van der Waals surface area contributed by atoms with Gasteiger partial charge in [-0.3, -0.25) is 4.79 Å². The molecule has 1 aliphatic rings. The number of carbonyl (C=O) groups excluding carboxylic acids is 1. The van der Waals surface area contributed by atoms with Crippen LogP contribution in [0.1, 0.15) is 52.0 Å². The van der Waals surface area contributed by atoms with Crippen molar-refractivity contribution in [2.45, 2.75) is 58.6 Å². The minimum atomic E-state index is -0.182. The van der Waals surface area contributed by atoms with E-state index < -0.39 is 0 Å². The monoisotopic (exact) mass is 275 g/mol. The van der Waals surface area contributed by atoms with E-state index in [1.807, 2.05) is 45.0 Å². The molecule has 3 heteroatoms. The Morgan fingerprint density at radius 2 is 1.80 bits per heavy atom. The van der Waals surface area contributed by atoms with Crippen molar-refractivity contribution in [3.05, 3.63) is 29.8 Å². The minimum absolute atomic E-state index is 0.182. The molecular weight excluding hydrogens is 250 g/mol. The summed E-state index contributed by atoms with van der Waals surface area (Å²) < 4.78 is 5.78. The molecule has 1 aromatic rings. The third-order valence-electron chi connectivity index (χ3n) is 3.54. The van der Waals surface area contributed by atoms with Gasteiger partial charge in [-0.05, 0) is 51.3 Å². The largest absolute Gasteiger partial charge is 0.488 e. The van der Waals surface area contributed by atoms with Gasteiger partial charge in [-0.2, -0.15) is 0 Å². The molecule has 0 spiro atoms. The van der Waals surface area contributed by atoms with Crippen LogP contribution in [0.2, 0.25) is 0 Å². The van der Waals surface area contributed by atoms with E-state index in [0.717, 1.165) is 24.2 Å². The van der Waals surface area contributed by atoms with E-state index in [4.69, 9.17) is 4.74 Å². The average Bonchev–Trinajstić information content (AvgIpc) is 2.89. The third kappa shape index (κ3) is 4.55. The molecule has 2 rings (SSSR count). The molecule has 1 saturated carbocycles. The minimum Gasteiger partial charge on any atom is -0.488 e. The van der Waals surface area contributed by atoms with Gasteiger partial charge in [-0.25, -0.2) is 0 Å². The van der Waals surface area contributed by atoms with Crippen molar-refractivity contribution in [3.63, 3.8) is 0 Å². The quantitative estimate of drug-likeness (QED) is 0.910. The van der Waals surface area contributed by atoms with Crippen LogP contribution >= 0.6 is 0 Å². The van der Waals surface area contributed by atoms with E-state index in [-0.39, 0.29) is 17.4 Å². The molecule has 1 N–H and O–H groups in total. The number of hydrogen-bond acceptors (Lipinski definition) is 2. The van der Waals surface area contributed by atoms with E-state index in [2.05, 4.69) is 5.32 Å². The normalized spacial score (nSPS) is 16.1. The topological polar surface area (TPSA) is 38.3 Å². The van der Waals surface area contributed by atoms with Crippen LogP contribution in [0.25, 0.3) is 0 Å². The first-order valence-corrected chi connectivity index (χ1v) is 7.50. The zero-order valence-corrected chi connectivity index (χ0v) is 12.7. The first-order valence-electron chi connectivity index (χ1n) is 7.50. The summed E-state index contributed by atoms with van der Waals surface area (Å²) in [6.07, 6.45) is 4.47. The number of benzene rings is 1. The van der Waals surface area contributed by atoms with E-state index in [0.29, 0.717) is 6.54 Å². The summed E-state index contributed by atoms with van der Waals surface area (Å²) in [6, 6.07) is 7.94. The van der Waals surface area contributed by atoms with Gasteiger partial charge in [0.15, 0.2) is 0 Å². The van der Waals surface area contributed by atoms with Gasteiger partial charge in [-0.1, -0.05) is 25.0 Å². The maximum Gasteiger partial charge on any atom is 0.223 e. The van der Waals surface area contributed by atoms with Crippen LogP contribution in [-0.2, 0) is 11.3 Å². The second-order valence-electron chi connectivity index (χ2n) is 6.56. The Kier molecular flexibility index (Phi) is 4.69. The highest BCUT2D eigenvalue weighted by Crippen LogP contribution is 2.24. The van der Waals surface area contributed by atoms with Gasteiger partial charge >= 0.3 is 0 Å². The molecule has 0 atom stereocenters. The van der Waals surface area contributed by atoms with E-state index >= 15 is 0 Å². The van der Waals surface area contributed by atoms with Crippen LogP contribution in [0.5, 0.6) is 5.75 Å². The van der Waals surface area contributed by atoms with Crippen molar-refractivity contribution in [3.8, 4) is 5.75 Å². The predicted molar refractivity (Wildman–Crippen MR) is 80.6 cm³/mol. The third-order valence-corrected chi connectivity index (χ3v) is 3.54. The molecular formula is C17H25NO2. The van der Waals surface area contributed by atoms with Crippen LogP contribution < -0.4 is 10.1 Å². The average molecular weight is 275 g/mol. The Morgan fingerprint density at radius 3 is 2.35 bits per heavy atom. The van der Waals surface area contributed by atoms with Crippen molar-refractivity contribution < 1.29 is 9.53 Å². The Bertz CT molecular complexity index is 439. The Morgan fingerprint density at radius 1 is 1.20 bits per heavy atom. The molecule has 110 valence electrons. The number of carbonyl (C=O) groups is 1. The highest BCUT2D eigenvalue weighted by atomic mass is 16.5. The van der Waals surface area contributed by atoms with E-state index in [9.17, 15) is 4.79 Å². The van der Waals surface area contributed by atoms with Crippen molar-refractivity contribution >= 4 is 5.91 Å². The summed E-state index contributed by atoms with van der Waals surface area (Å²) >= 11 is 0. The van der Waals surface area contributed by atoms with Crippen molar-refractivity contribution in [2.24, 2.45) is 5.92 Å². The lowest BCUT2D eigenvalue weighted by Gasteiger charge is -2.21. The summed E-state index contributed by atoms with van der Waals surface area (Å²) in [7, 11) is 0. The highest BCUT2D eigenvalue weighted by molar-refractivity contribution is 5.78. The molecule has 0 unspecified atom stereocenters. The van der Waals surface area contributed by atoms with Gasteiger partial charge in [0.25, 0.3) is 0 Å². The van der Waals surface area contributed by atoms with Gasteiger partial charge in [-0.15, -0.1) is 0 Å². The second kappa shape index (κ2) is 6.29. The lowest BCUT2D eigenvalue weighted by atomic mass is 10.1. The van der Waals surface area contributed by atoms with Crippen LogP contribution in [-0.4, -0.2) is 11.5 Å². The molecule has 1 amide bonds. The molecule has 0 aliphatic heterocycles. The van der Waals surface area contributed by atoms with Gasteiger partial charge in [0, 0.05) is 12.5 Å². The van der Waals surface area contributed by atoms with Gasteiger partial charge in [0.05, 0.1) is 0 Å². The molecule has 1 aliphatic carbocycles. The highest BCUT2D eigenvalue weighted by Gasteiger charge is 2.22. The van der Waals surface area contributed by atoms with Crippen LogP contribution in [0.4, 0.5) is 0 Å². The summed E-state index contributed by atoms with van der Waals surface area (Å²) in [6.45, 7) is 6.69. The fourth-order valence-corrected chi connectivity index (χ4v) is 2.55. The zero-order chi connectivity index (χ0) is 14.6. The summed E-state index contributed by atoms with van der Waals surface area (Å²) in [5.74, 6) is 1.30. The predicted octanol–water partition coefficient (Wildman–Crippen LogP) is 3.67. The molecule has 0 heterocycles. The summed E-state index contributed by atoms with van der Waals surface area (Å²) in [4.78, 5) is 11.9. The first kappa shape index (κ1) is 14.9. The smallest absolute Gasteiger partial charge is 0.223 e. The molecule has 0 aromatic heterocycles. The van der Waals surface area contributed by atoms with Gasteiger partial charge in [0.1, 0.15) is 11.4 Å². The number of amides is 1. The summed E-state index contributed by atoms with van der Waals surface area (Å²) in [5.41, 5.74) is 0.927. The number of hydrogen-bond donors (Lipinski definition) is 1. The number of nitrogens with one attached hydrogen (secondary N) is 1. The summed E-state index contributed by atoms with van der Waals surface area (Å²) in [5, 5.41) is 3.03. The fourth-order valence-electron chi connectivity index (χ4n) is 2.55. The molecule has 3 nitrogen and oxygen atoms in total. The molecule has 0 bridgehead atoms. The molecule has 1 aromatic carbocycles. The fraction of sp³-hybridized carbons (Fsp3) is 0.588. The zero-order valence-electron chi connectivity index (χ0n) is 12.7. The maximum atomic E-state index is 11.9. The van der Waals surface area contributed by atoms with Crippen LogP contribution in [0.3, 0.4) is 0 Å². The van der Waals surface area contributed by atoms with Crippen molar-refractivity contribution in [2.75, 3.05) is 0 Å². The van der Waals surface area contributed by atoms with E-state index in [1.165, 1.54) is 12.8 Å². The van der Waals surface area contributed by atoms with Gasteiger partial charge < -0.3 is 10.1 Å². The van der Waals surface area contributed by atoms with Crippen molar-refractivity contribution in [1.82, 2.24) is 5.32 Å². The van der Waals surface area contributed by atoms with E-state index in [1.54, 1.807) is 0 Å². The first-order chi connectivity index (χ1) is 9.44. The number of ether oxygens (including phenoxy) is 1. The lowest BCUT2D eigenvalue weighted by molar-refractivity contribution is -0.124. The SMILES string of the molecule is CC(C)(C)Oc1ccc(CNC(=O)C2CCCC2)cc1. The molecule has 0 radical (unpaired) electrons. The Hall–Kier alpha value is -1.51. The Labute approximate surface area is 121 Å². The van der Waals surface area contributed by atoms with Crippen LogP contribution in [0.15, 0.2) is 24.3 Å². The maximum absolute atomic E-state index is 11.9. The van der Waals surface area contributed by atoms with Crippen LogP contribution in [0, 0.1) is 5.92 Å². The molecule has 0 saturated heterocycles. The second-order valence-corrected chi connectivity index (χ2v) is 6.56. The lowest BCUT2D eigenvalue weighted by Crippen LogP contribution is -2.28. The molecule has 20 heavy (non-hydrogen) atoms. The Balaban J connectivity index is 1.83. The van der Waals surface area contributed by atoms with Crippen molar-refractivity contribution in [1.29, 1.82) is 0 Å². The van der Waals surface area contributed by atoms with Gasteiger partial charge in [0.2, 0.25) is 5.91 Å². The number of rotatable bonds is 4.